The van der Waals surface area contributed by atoms with Gasteiger partial charge in [-0.15, -0.1) is 0 Å². The van der Waals surface area contributed by atoms with E-state index in [9.17, 15) is 13.2 Å². The van der Waals surface area contributed by atoms with Crippen molar-refractivity contribution in [1.29, 1.82) is 0 Å². The number of rotatable bonds is 4. The van der Waals surface area contributed by atoms with Gasteiger partial charge in [-0.2, -0.15) is 5.10 Å². The van der Waals surface area contributed by atoms with Crippen LogP contribution in [-0.4, -0.2) is 46.3 Å². The van der Waals surface area contributed by atoms with Crippen LogP contribution in [-0.2, 0) is 23.4 Å². The summed E-state index contributed by atoms with van der Waals surface area (Å²) in [6, 6.07) is 0. The van der Waals surface area contributed by atoms with Crippen LogP contribution in [0.3, 0.4) is 0 Å². The molecule has 2 N–H and O–H groups in total. The van der Waals surface area contributed by atoms with Crippen LogP contribution in [0.2, 0.25) is 0 Å². The summed E-state index contributed by atoms with van der Waals surface area (Å²) in [7, 11) is -1.32. The van der Waals surface area contributed by atoms with E-state index in [1.807, 2.05) is 6.92 Å². The van der Waals surface area contributed by atoms with Gasteiger partial charge in [0.2, 0.25) is 0 Å². The van der Waals surface area contributed by atoms with E-state index in [4.69, 9.17) is 5.11 Å². The highest BCUT2D eigenvalue weighted by molar-refractivity contribution is 7.91. The molecule has 1 aliphatic heterocycles. The lowest BCUT2D eigenvalue weighted by Crippen LogP contribution is -2.43. The van der Waals surface area contributed by atoms with Crippen LogP contribution >= 0.6 is 0 Å². The molecule has 1 aliphatic rings. The smallest absolute Gasteiger partial charge is 0.339 e. The first-order valence-corrected chi connectivity index (χ1v) is 7.74. The minimum atomic E-state index is -2.98. The van der Waals surface area contributed by atoms with E-state index < -0.39 is 21.3 Å². The monoisotopic (exact) mass is 287 g/mol. The van der Waals surface area contributed by atoms with E-state index in [0.717, 1.165) is 0 Å². The molecule has 0 amide bonds. The number of hydrogen-bond acceptors (Lipinski definition) is 5. The molecule has 1 aromatic heterocycles. The summed E-state index contributed by atoms with van der Waals surface area (Å²) in [5.41, 5.74) is 0.177. The molecule has 8 heteroatoms. The predicted octanol–water partition coefficient (Wildman–Crippen LogP) is -0.215. The highest BCUT2D eigenvalue weighted by atomic mass is 32.2. The van der Waals surface area contributed by atoms with Crippen LogP contribution in [0.4, 0.5) is 0 Å². The topological polar surface area (TPSA) is 101 Å². The molecule has 1 atom stereocenters. The number of hydrogen-bond donors (Lipinski definition) is 2. The second-order valence-electron chi connectivity index (χ2n) is 5.19. The van der Waals surface area contributed by atoms with Gasteiger partial charge in [0.05, 0.1) is 23.4 Å². The van der Waals surface area contributed by atoms with Crippen molar-refractivity contribution in [2.24, 2.45) is 7.05 Å². The number of aryl methyl sites for hydroxylation is 1. The molecule has 2 rings (SSSR count). The maximum atomic E-state index is 11.5. The molecule has 2 heterocycles. The Bertz CT molecular complexity index is 607. The van der Waals surface area contributed by atoms with Gasteiger partial charge in [0.1, 0.15) is 5.56 Å². The van der Waals surface area contributed by atoms with E-state index in [1.54, 1.807) is 7.05 Å². The molecular weight excluding hydrogens is 270 g/mol. The summed E-state index contributed by atoms with van der Waals surface area (Å²) in [6.45, 7) is 2.12. The summed E-state index contributed by atoms with van der Waals surface area (Å²) in [5.74, 6) is -0.775. The van der Waals surface area contributed by atoms with Crippen LogP contribution in [0.25, 0.3) is 0 Å². The molecule has 1 saturated heterocycles. The average Bonchev–Trinajstić information content (AvgIpc) is 2.77. The molecule has 106 valence electrons. The van der Waals surface area contributed by atoms with Crippen molar-refractivity contribution >= 4 is 15.8 Å². The first kappa shape index (κ1) is 14.0. The third kappa shape index (κ3) is 2.95. The Morgan fingerprint density at radius 3 is 2.84 bits per heavy atom. The lowest BCUT2D eigenvalue weighted by atomic mass is 10.0. The number of sulfone groups is 1. The molecule has 0 saturated carbocycles. The summed E-state index contributed by atoms with van der Waals surface area (Å²) in [6.07, 6.45) is 1.84. The van der Waals surface area contributed by atoms with Crippen molar-refractivity contribution in [1.82, 2.24) is 15.1 Å². The highest BCUT2D eigenvalue weighted by Gasteiger charge is 2.38. The van der Waals surface area contributed by atoms with E-state index in [-0.39, 0.29) is 23.6 Å². The standard InChI is InChI=1S/C11H17N3O4S/c1-11(3-4-19(17,18)7-11)12-6-9-8(10(15)16)5-13-14(9)2/h5,12H,3-4,6-7H2,1-2H3,(H,15,16). The summed E-state index contributed by atoms with van der Waals surface area (Å²) in [4.78, 5) is 11.0. The van der Waals surface area contributed by atoms with Gasteiger partial charge in [-0.1, -0.05) is 0 Å². The van der Waals surface area contributed by atoms with Gasteiger partial charge >= 0.3 is 5.97 Å². The van der Waals surface area contributed by atoms with Gasteiger partial charge in [-0.25, -0.2) is 13.2 Å². The Kier molecular flexibility index (Phi) is 3.40. The van der Waals surface area contributed by atoms with Gasteiger partial charge in [0.15, 0.2) is 9.84 Å². The Hall–Kier alpha value is -1.41. The van der Waals surface area contributed by atoms with Gasteiger partial charge in [-0.05, 0) is 13.3 Å². The van der Waals surface area contributed by atoms with E-state index in [1.165, 1.54) is 10.9 Å². The van der Waals surface area contributed by atoms with Crippen LogP contribution in [0.15, 0.2) is 6.20 Å². The molecule has 19 heavy (non-hydrogen) atoms. The molecule has 0 bridgehead atoms. The number of carboxylic acid groups (broad SMARTS) is 1. The minimum Gasteiger partial charge on any atom is -0.478 e. The summed E-state index contributed by atoms with van der Waals surface area (Å²) < 4.78 is 24.5. The fraction of sp³-hybridized carbons (Fsp3) is 0.636. The number of aromatic nitrogens is 2. The average molecular weight is 287 g/mol. The number of nitrogens with zero attached hydrogens (tertiary/aromatic N) is 2. The molecule has 0 aliphatic carbocycles. The Labute approximate surface area is 111 Å². The van der Waals surface area contributed by atoms with Crippen LogP contribution in [0, 0.1) is 0 Å². The zero-order valence-corrected chi connectivity index (χ0v) is 11.7. The maximum absolute atomic E-state index is 11.5. The molecule has 1 fully saturated rings. The molecule has 7 nitrogen and oxygen atoms in total. The van der Waals surface area contributed by atoms with Crippen LogP contribution in [0.1, 0.15) is 29.4 Å². The van der Waals surface area contributed by atoms with E-state index >= 15 is 0 Å². The van der Waals surface area contributed by atoms with Crippen LogP contribution < -0.4 is 5.32 Å². The SMILES string of the molecule is Cn1ncc(C(=O)O)c1CNC1(C)CCS(=O)(=O)C1. The minimum absolute atomic E-state index is 0.0836. The first-order valence-electron chi connectivity index (χ1n) is 5.92. The summed E-state index contributed by atoms with van der Waals surface area (Å²) in [5, 5.41) is 16.1. The molecular formula is C11H17N3O4S. The molecule has 0 aromatic carbocycles. The van der Waals surface area contributed by atoms with Crippen molar-refractivity contribution in [2.45, 2.75) is 25.4 Å². The van der Waals surface area contributed by atoms with Gasteiger partial charge in [-0.3, -0.25) is 4.68 Å². The van der Waals surface area contributed by atoms with Gasteiger partial charge in [0.25, 0.3) is 0 Å². The highest BCUT2D eigenvalue weighted by Crippen LogP contribution is 2.23. The lowest BCUT2D eigenvalue weighted by Gasteiger charge is -2.24. The fourth-order valence-corrected chi connectivity index (χ4v) is 4.42. The third-order valence-corrected chi connectivity index (χ3v) is 5.38. The largest absolute Gasteiger partial charge is 0.478 e. The normalized spacial score (nSPS) is 25.6. The Morgan fingerprint density at radius 1 is 1.63 bits per heavy atom. The van der Waals surface area contributed by atoms with Crippen molar-refractivity contribution in [3.63, 3.8) is 0 Å². The van der Waals surface area contributed by atoms with Crippen LogP contribution in [0.5, 0.6) is 0 Å². The second-order valence-corrected chi connectivity index (χ2v) is 7.37. The lowest BCUT2D eigenvalue weighted by molar-refractivity contribution is 0.0695. The first-order chi connectivity index (χ1) is 8.72. The van der Waals surface area contributed by atoms with Crippen molar-refractivity contribution < 1.29 is 18.3 Å². The molecule has 0 radical (unpaired) electrons. The predicted molar refractivity (Wildman–Crippen MR) is 68.7 cm³/mol. The Morgan fingerprint density at radius 2 is 2.32 bits per heavy atom. The van der Waals surface area contributed by atoms with Gasteiger partial charge < -0.3 is 10.4 Å². The number of carboxylic acids is 1. The molecule has 1 unspecified atom stereocenters. The number of nitrogens with one attached hydrogen (secondary N) is 1. The Balaban J connectivity index is 2.12. The van der Waals surface area contributed by atoms with Gasteiger partial charge in [0, 0.05) is 19.1 Å². The molecule has 0 spiro atoms. The zero-order valence-electron chi connectivity index (χ0n) is 10.9. The number of aromatic carboxylic acids is 1. The third-order valence-electron chi connectivity index (χ3n) is 3.48. The molecule has 1 aromatic rings. The number of carbonyl (C=O) groups is 1. The summed E-state index contributed by atoms with van der Waals surface area (Å²) >= 11 is 0. The van der Waals surface area contributed by atoms with E-state index in [2.05, 4.69) is 10.4 Å². The van der Waals surface area contributed by atoms with Crippen molar-refractivity contribution in [3.05, 3.63) is 17.5 Å². The second kappa shape index (κ2) is 4.61. The fourth-order valence-electron chi connectivity index (χ4n) is 2.30. The quantitative estimate of drug-likeness (QED) is 0.794. The van der Waals surface area contributed by atoms with E-state index in [0.29, 0.717) is 12.1 Å². The van der Waals surface area contributed by atoms with Crippen molar-refractivity contribution in [3.8, 4) is 0 Å². The van der Waals surface area contributed by atoms with Crippen molar-refractivity contribution in [2.75, 3.05) is 11.5 Å². The zero-order chi connectivity index (χ0) is 14.3. The maximum Gasteiger partial charge on any atom is 0.339 e.